The van der Waals surface area contributed by atoms with E-state index in [4.69, 9.17) is 5.73 Å². The van der Waals surface area contributed by atoms with Crippen LogP contribution in [-0.2, 0) is 19.5 Å². The topological polar surface area (TPSA) is 47.1 Å². The zero-order valence-electron chi connectivity index (χ0n) is 11.9. The van der Waals surface area contributed by atoms with E-state index >= 15 is 0 Å². The Kier molecular flexibility index (Phi) is 4.10. The number of aromatic nitrogens is 2. The van der Waals surface area contributed by atoms with Crippen LogP contribution in [0.15, 0.2) is 30.3 Å². The zero-order valence-corrected chi connectivity index (χ0v) is 11.9. The Balaban J connectivity index is 2.15. The van der Waals surface area contributed by atoms with Gasteiger partial charge in [-0.3, -0.25) is 4.68 Å². The van der Waals surface area contributed by atoms with Gasteiger partial charge in [0.25, 0.3) is 0 Å². The maximum absolute atomic E-state index is 5.71. The molecule has 0 spiro atoms. The van der Waals surface area contributed by atoms with Gasteiger partial charge in [0.05, 0.1) is 17.9 Å². The quantitative estimate of drug-likeness (QED) is 0.839. The number of nitrogens with zero attached hydrogens (tertiary/aromatic N) is 3. The fourth-order valence-electron chi connectivity index (χ4n) is 2.15. The van der Waals surface area contributed by atoms with Gasteiger partial charge in [-0.25, -0.2) is 0 Å². The Morgan fingerprint density at radius 3 is 2.47 bits per heavy atom. The van der Waals surface area contributed by atoms with E-state index in [9.17, 15) is 0 Å². The van der Waals surface area contributed by atoms with Crippen molar-refractivity contribution >= 4 is 11.4 Å². The van der Waals surface area contributed by atoms with Crippen LogP contribution in [0.5, 0.6) is 0 Å². The highest BCUT2D eigenvalue weighted by molar-refractivity contribution is 5.52. The molecule has 2 aromatic rings. The first-order valence-corrected chi connectivity index (χ1v) is 6.76. The summed E-state index contributed by atoms with van der Waals surface area (Å²) in [5.74, 6) is 0. The molecule has 0 saturated heterocycles. The minimum Gasteiger partial charge on any atom is -0.399 e. The van der Waals surface area contributed by atoms with Gasteiger partial charge in [0, 0.05) is 25.0 Å². The predicted octanol–water partition coefficient (Wildman–Crippen LogP) is 2.68. The first-order valence-electron chi connectivity index (χ1n) is 6.76. The molecule has 4 nitrogen and oxygen atoms in total. The molecular formula is C15H22N4. The molecule has 0 bridgehead atoms. The highest BCUT2D eigenvalue weighted by Gasteiger charge is 2.09. The SMILES string of the molecule is CCc1cc(CN(C)c2ccc(N)cc2)n(CC)n1. The Bertz CT molecular complexity index is 528. The molecule has 19 heavy (non-hydrogen) atoms. The number of hydrogen-bond acceptors (Lipinski definition) is 3. The summed E-state index contributed by atoms with van der Waals surface area (Å²) >= 11 is 0. The van der Waals surface area contributed by atoms with E-state index in [0.717, 1.165) is 36.6 Å². The third kappa shape index (κ3) is 3.08. The lowest BCUT2D eigenvalue weighted by atomic mass is 10.2. The standard InChI is InChI=1S/C15H22N4/c1-4-13-10-15(19(5-2)17-13)11-18(3)14-8-6-12(16)7-9-14/h6-10H,4-5,11,16H2,1-3H3. The monoisotopic (exact) mass is 258 g/mol. The van der Waals surface area contributed by atoms with Gasteiger partial charge in [0.15, 0.2) is 0 Å². The predicted molar refractivity (Wildman–Crippen MR) is 80.2 cm³/mol. The van der Waals surface area contributed by atoms with Crippen molar-refractivity contribution in [3.8, 4) is 0 Å². The number of nitrogen functional groups attached to an aromatic ring is 1. The number of aryl methyl sites for hydroxylation is 2. The molecule has 4 heteroatoms. The highest BCUT2D eigenvalue weighted by Crippen LogP contribution is 2.18. The minimum absolute atomic E-state index is 0.795. The largest absolute Gasteiger partial charge is 0.399 e. The smallest absolute Gasteiger partial charge is 0.0625 e. The highest BCUT2D eigenvalue weighted by atomic mass is 15.3. The van der Waals surface area contributed by atoms with Crippen molar-refractivity contribution in [2.45, 2.75) is 33.4 Å². The van der Waals surface area contributed by atoms with Crippen molar-refractivity contribution in [3.63, 3.8) is 0 Å². The Hall–Kier alpha value is -1.97. The van der Waals surface area contributed by atoms with Crippen molar-refractivity contribution in [2.75, 3.05) is 17.7 Å². The van der Waals surface area contributed by atoms with E-state index in [-0.39, 0.29) is 0 Å². The summed E-state index contributed by atoms with van der Waals surface area (Å²) in [7, 11) is 2.09. The van der Waals surface area contributed by atoms with Crippen LogP contribution in [0.3, 0.4) is 0 Å². The van der Waals surface area contributed by atoms with E-state index in [1.807, 2.05) is 24.3 Å². The molecule has 0 aliphatic rings. The maximum atomic E-state index is 5.71. The van der Waals surface area contributed by atoms with Crippen molar-refractivity contribution in [2.24, 2.45) is 0 Å². The van der Waals surface area contributed by atoms with Gasteiger partial charge in [-0.05, 0) is 43.7 Å². The van der Waals surface area contributed by atoms with Crippen LogP contribution in [0.1, 0.15) is 25.2 Å². The lowest BCUT2D eigenvalue weighted by molar-refractivity contribution is 0.610. The van der Waals surface area contributed by atoms with Crippen LogP contribution in [-0.4, -0.2) is 16.8 Å². The van der Waals surface area contributed by atoms with Gasteiger partial charge in [0.1, 0.15) is 0 Å². The average Bonchev–Trinajstić information content (AvgIpc) is 2.81. The van der Waals surface area contributed by atoms with Crippen LogP contribution in [0.4, 0.5) is 11.4 Å². The van der Waals surface area contributed by atoms with Gasteiger partial charge in [-0.2, -0.15) is 5.10 Å². The molecule has 1 aromatic carbocycles. The summed E-state index contributed by atoms with van der Waals surface area (Å²) in [6.07, 6.45) is 0.978. The molecule has 1 heterocycles. The van der Waals surface area contributed by atoms with E-state index in [1.165, 1.54) is 5.69 Å². The second-order valence-electron chi connectivity index (χ2n) is 4.74. The van der Waals surface area contributed by atoms with Crippen molar-refractivity contribution < 1.29 is 0 Å². The molecule has 0 aliphatic heterocycles. The van der Waals surface area contributed by atoms with E-state index in [2.05, 4.69) is 41.6 Å². The van der Waals surface area contributed by atoms with E-state index < -0.39 is 0 Å². The van der Waals surface area contributed by atoms with Gasteiger partial charge in [-0.1, -0.05) is 6.92 Å². The summed E-state index contributed by atoms with van der Waals surface area (Å²) in [5, 5.41) is 4.58. The third-order valence-corrected chi connectivity index (χ3v) is 3.31. The summed E-state index contributed by atoms with van der Waals surface area (Å²) in [4.78, 5) is 2.21. The summed E-state index contributed by atoms with van der Waals surface area (Å²) < 4.78 is 2.08. The van der Waals surface area contributed by atoms with Gasteiger partial charge < -0.3 is 10.6 Å². The molecule has 0 aliphatic carbocycles. The molecule has 102 valence electrons. The molecule has 0 radical (unpaired) electrons. The fraction of sp³-hybridized carbons (Fsp3) is 0.400. The normalized spacial score (nSPS) is 10.7. The third-order valence-electron chi connectivity index (χ3n) is 3.31. The number of anilines is 2. The first kappa shape index (κ1) is 13.5. The second-order valence-corrected chi connectivity index (χ2v) is 4.74. The molecule has 0 amide bonds. The number of benzene rings is 1. The lowest BCUT2D eigenvalue weighted by Crippen LogP contribution is -2.19. The Morgan fingerprint density at radius 1 is 1.21 bits per heavy atom. The lowest BCUT2D eigenvalue weighted by Gasteiger charge is -2.19. The second kappa shape index (κ2) is 5.78. The van der Waals surface area contributed by atoms with Crippen molar-refractivity contribution in [1.82, 2.24) is 9.78 Å². The number of nitrogens with two attached hydrogens (primary N) is 1. The zero-order chi connectivity index (χ0) is 13.8. The van der Waals surface area contributed by atoms with Crippen molar-refractivity contribution in [1.29, 1.82) is 0 Å². The Morgan fingerprint density at radius 2 is 1.89 bits per heavy atom. The number of hydrogen-bond donors (Lipinski definition) is 1. The van der Waals surface area contributed by atoms with Crippen LogP contribution in [0.25, 0.3) is 0 Å². The molecule has 0 fully saturated rings. The van der Waals surface area contributed by atoms with E-state index in [0.29, 0.717) is 0 Å². The van der Waals surface area contributed by atoms with Crippen LogP contribution >= 0.6 is 0 Å². The van der Waals surface area contributed by atoms with Crippen molar-refractivity contribution in [3.05, 3.63) is 41.7 Å². The average molecular weight is 258 g/mol. The summed E-state index contributed by atoms with van der Waals surface area (Å²) in [5.41, 5.74) is 10.1. The summed E-state index contributed by atoms with van der Waals surface area (Å²) in [6.45, 7) is 6.02. The van der Waals surface area contributed by atoms with Gasteiger partial charge >= 0.3 is 0 Å². The molecule has 0 saturated carbocycles. The summed E-state index contributed by atoms with van der Waals surface area (Å²) in [6, 6.07) is 10.1. The maximum Gasteiger partial charge on any atom is 0.0625 e. The fourth-order valence-corrected chi connectivity index (χ4v) is 2.15. The molecule has 2 rings (SSSR count). The Labute approximate surface area is 114 Å². The van der Waals surface area contributed by atoms with Gasteiger partial charge in [-0.15, -0.1) is 0 Å². The minimum atomic E-state index is 0.795. The first-order chi connectivity index (χ1) is 9.13. The van der Waals surface area contributed by atoms with Crippen LogP contribution in [0, 0.1) is 0 Å². The molecular weight excluding hydrogens is 236 g/mol. The molecule has 0 unspecified atom stereocenters. The van der Waals surface area contributed by atoms with Crippen LogP contribution in [0.2, 0.25) is 0 Å². The molecule has 1 aromatic heterocycles. The van der Waals surface area contributed by atoms with E-state index in [1.54, 1.807) is 0 Å². The van der Waals surface area contributed by atoms with Gasteiger partial charge in [0.2, 0.25) is 0 Å². The van der Waals surface area contributed by atoms with Crippen LogP contribution < -0.4 is 10.6 Å². The molecule has 0 atom stereocenters. The number of rotatable bonds is 5. The molecule has 2 N–H and O–H groups in total.